The SMILES string of the molecule is CC1(C)C2CCC1(C)C(OC(=O)/C=C/c1ccc(O)c(O)c1)C2. The Labute approximate surface area is 136 Å². The van der Waals surface area contributed by atoms with Gasteiger partial charge in [-0.25, -0.2) is 4.79 Å². The van der Waals surface area contributed by atoms with Crippen LogP contribution in [0.3, 0.4) is 0 Å². The highest BCUT2D eigenvalue weighted by Crippen LogP contribution is 2.66. The van der Waals surface area contributed by atoms with Gasteiger partial charge in [0, 0.05) is 11.5 Å². The van der Waals surface area contributed by atoms with E-state index in [1.165, 1.54) is 24.6 Å². The van der Waals surface area contributed by atoms with E-state index in [1.807, 2.05) is 0 Å². The number of hydrogen-bond donors (Lipinski definition) is 2. The van der Waals surface area contributed by atoms with Crippen LogP contribution in [0.25, 0.3) is 6.08 Å². The molecule has 124 valence electrons. The molecule has 0 spiro atoms. The van der Waals surface area contributed by atoms with Gasteiger partial charge in [0.2, 0.25) is 0 Å². The van der Waals surface area contributed by atoms with E-state index in [0.29, 0.717) is 11.5 Å². The van der Waals surface area contributed by atoms with E-state index in [-0.39, 0.29) is 34.4 Å². The first-order chi connectivity index (χ1) is 10.7. The summed E-state index contributed by atoms with van der Waals surface area (Å²) in [4.78, 5) is 12.1. The minimum Gasteiger partial charge on any atom is -0.504 e. The number of esters is 1. The molecule has 4 nitrogen and oxygen atoms in total. The molecular weight excluding hydrogens is 292 g/mol. The fraction of sp³-hybridized carbons (Fsp3) is 0.526. The van der Waals surface area contributed by atoms with E-state index >= 15 is 0 Å². The standard InChI is InChI=1S/C19H24O4/c1-18(2)13-8-9-19(18,3)16(11-13)23-17(22)7-5-12-4-6-14(20)15(21)10-12/h4-7,10,13,16,20-21H,8-9,11H2,1-3H3/b7-5+. The van der Waals surface area contributed by atoms with Gasteiger partial charge in [0.25, 0.3) is 0 Å². The summed E-state index contributed by atoms with van der Waals surface area (Å²) in [5.41, 5.74) is 0.902. The topological polar surface area (TPSA) is 66.8 Å². The van der Waals surface area contributed by atoms with Crippen molar-refractivity contribution < 1.29 is 19.7 Å². The Kier molecular flexibility index (Phi) is 3.66. The number of fused-ring (bicyclic) bond motifs is 2. The molecule has 3 atom stereocenters. The van der Waals surface area contributed by atoms with Crippen molar-refractivity contribution in [2.45, 2.75) is 46.1 Å². The predicted octanol–water partition coefficient (Wildman–Crippen LogP) is 3.87. The van der Waals surface area contributed by atoms with Crippen LogP contribution < -0.4 is 0 Å². The average molecular weight is 316 g/mol. The number of phenolic OH excluding ortho intramolecular Hbond substituents is 2. The van der Waals surface area contributed by atoms with Crippen molar-refractivity contribution in [1.29, 1.82) is 0 Å². The Hall–Kier alpha value is -1.97. The van der Waals surface area contributed by atoms with Crippen LogP contribution in [0.4, 0.5) is 0 Å². The smallest absolute Gasteiger partial charge is 0.331 e. The van der Waals surface area contributed by atoms with Crippen LogP contribution in [0.2, 0.25) is 0 Å². The van der Waals surface area contributed by atoms with Gasteiger partial charge >= 0.3 is 5.97 Å². The van der Waals surface area contributed by atoms with Crippen LogP contribution in [0.5, 0.6) is 11.5 Å². The van der Waals surface area contributed by atoms with Crippen molar-refractivity contribution >= 4 is 12.0 Å². The molecule has 2 aliphatic carbocycles. The van der Waals surface area contributed by atoms with Crippen molar-refractivity contribution in [3.8, 4) is 11.5 Å². The first-order valence-corrected chi connectivity index (χ1v) is 8.15. The van der Waals surface area contributed by atoms with Gasteiger partial charge in [-0.1, -0.05) is 26.8 Å². The summed E-state index contributed by atoms with van der Waals surface area (Å²) in [5, 5.41) is 18.7. The molecule has 2 fully saturated rings. The normalized spacial score (nSPS) is 31.6. The number of phenols is 2. The van der Waals surface area contributed by atoms with E-state index in [9.17, 15) is 15.0 Å². The van der Waals surface area contributed by atoms with Gasteiger partial charge < -0.3 is 14.9 Å². The van der Waals surface area contributed by atoms with E-state index in [0.717, 1.165) is 12.8 Å². The highest BCUT2D eigenvalue weighted by atomic mass is 16.5. The molecule has 0 aromatic heterocycles. The summed E-state index contributed by atoms with van der Waals surface area (Å²) < 4.78 is 5.72. The molecule has 23 heavy (non-hydrogen) atoms. The lowest BCUT2D eigenvalue weighted by Gasteiger charge is -2.38. The molecular formula is C19H24O4. The van der Waals surface area contributed by atoms with E-state index in [1.54, 1.807) is 12.1 Å². The van der Waals surface area contributed by atoms with E-state index < -0.39 is 0 Å². The second-order valence-electron chi connectivity index (χ2n) is 7.62. The van der Waals surface area contributed by atoms with Crippen molar-refractivity contribution in [1.82, 2.24) is 0 Å². The third-order valence-corrected chi connectivity index (χ3v) is 6.38. The summed E-state index contributed by atoms with van der Waals surface area (Å²) in [6.45, 7) is 6.81. The number of ether oxygens (including phenoxy) is 1. The lowest BCUT2D eigenvalue weighted by Crippen LogP contribution is -2.38. The lowest BCUT2D eigenvalue weighted by atomic mass is 9.70. The van der Waals surface area contributed by atoms with Gasteiger partial charge in [0.1, 0.15) is 6.10 Å². The van der Waals surface area contributed by atoms with Gasteiger partial charge in [-0.2, -0.15) is 0 Å². The Balaban J connectivity index is 1.66. The van der Waals surface area contributed by atoms with Crippen LogP contribution in [0.1, 0.15) is 45.6 Å². The number of carbonyl (C=O) groups excluding carboxylic acids is 1. The van der Waals surface area contributed by atoms with Crippen molar-refractivity contribution in [3.05, 3.63) is 29.8 Å². The highest BCUT2D eigenvalue weighted by Gasteiger charge is 2.62. The van der Waals surface area contributed by atoms with Gasteiger partial charge in [0.15, 0.2) is 11.5 Å². The second kappa shape index (κ2) is 5.29. The number of benzene rings is 1. The summed E-state index contributed by atoms with van der Waals surface area (Å²) in [7, 11) is 0. The maximum absolute atomic E-state index is 12.1. The number of rotatable bonds is 3. The Morgan fingerprint density at radius 1 is 1.26 bits per heavy atom. The van der Waals surface area contributed by atoms with Gasteiger partial charge in [-0.3, -0.25) is 0 Å². The third-order valence-electron chi connectivity index (χ3n) is 6.38. The average Bonchev–Trinajstić information content (AvgIpc) is 2.82. The van der Waals surface area contributed by atoms with E-state index in [4.69, 9.17) is 4.74 Å². The molecule has 0 amide bonds. The number of aromatic hydroxyl groups is 2. The quantitative estimate of drug-likeness (QED) is 0.505. The van der Waals surface area contributed by atoms with Crippen molar-refractivity contribution in [3.63, 3.8) is 0 Å². The molecule has 4 heteroatoms. The fourth-order valence-electron chi connectivity index (χ4n) is 4.30. The first-order valence-electron chi connectivity index (χ1n) is 8.15. The predicted molar refractivity (Wildman–Crippen MR) is 87.9 cm³/mol. The summed E-state index contributed by atoms with van der Waals surface area (Å²) in [6.07, 6.45) is 6.22. The molecule has 0 saturated heterocycles. The monoisotopic (exact) mass is 316 g/mol. The minimum atomic E-state index is -0.355. The Morgan fingerprint density at radius 3 is 2.57 bits per heavy atom. The largest absolute Gasteiger partial charge is 0.504 e. The van der Waals surface area contributed by atoms with Crippen LogP contribution in [-0.2, 0) is 9.53 Å². The zero-order chi connectivity index (χ0) is 16.8. The van der Waals surface area contributed by atoms with Crippen LogP contribution in [0.15, 0.2) is 24.3 Å². The number of carbonyl (C=O) groups is 1. The molecule has 0 aliphatic heterocycles. The summed E-state index contributed by atoms with van der Waals surface area (Å²) in [5.74, 6) is -0.111. The van der Waals surface area contributed by atoms with Gasteiger partial charge in [-0.05, 0) is 54.4 Å². The molecule has 1 aromatic rings. The molecule has 0 radical (unpaired) electrons. The van der Waals surface area contributed by atoms with Gasteiger partial charge in [-0.15, -0.1) is 0 Å². The second-order valence-corrected chi connectivity index (χ2v) is 7.62. The van der Waals surface area contributed by atoms with Gasteiger partial charge in [0.05, 0.1) is 0 Å². The molecule has 0 heterocycles. The third kappa shape index (κ3) is 2.50. The maximum Gasteiger partial charge on any atom is 0.331 e. The zero-order valence-electron chi connectivity index (χ0n) is 13.9. The summed E-state index contributed by atoms with van der Waals surface area (Å²) >= 11 is 0. The molecule has 3 rings (SSSR count). The molecule has 1 aromatic carbocycles. The Morgan fingerprint density at radius 2 is 2.00 bits per heavy atom. The van der Waals surface area contributed by atoms with Crippen LogP contribution in [-0.4, -0.2) is 22.3 Å². The first kappa shape index (κ1) is 15.9. The van der Waals surface area contributed by atoms with Crippen LogP contribution in [0, 0.1) is 16.7 Å². The van der Waals surface area contributed by atoms with Crippen molar-refractivity contribution in [2.24, 2.45) is 16.7 Å². The lowest BCUT2D eigenvalue weighted by molar-refractivity contribution is -0.150. The zero-order valence-corrected chi connectivity index (χ0v) is 13.9. The summed E-state index contributed by atoms with van der Waals surface area (Å²) in [6, 6.07) is 4.42. The molecule has 3 unspecified atom stereocenters. The van der Waals surface area contributed by atoms with Crippen LogP contribution >= 0.6 is 0 Å². The molecule has 2 saturated carbocycles. The number of hydrogen-bond acceptors (Lipinski definition) is 4. The van der Waals surface area contributed by atoms with Crippen molar-refractivity contribution in [2.75, 3.05) is 0 Å². The molecule has 2 aliphatic rings. The molecule has 2 N–H and O–H groups in total. The fourth-order valence-corrected chi connectivity index (χ4v) is 4.30. The minimum absolute atomic E-state index is 0.0263. The highest BCUT2D eigenvalue weighted by molar-refractivity contribution is 5.87. The Bertz CT molecular complexity index is 661. The maximum atomic E-state index is 12.1. The van der Waals surface area contributed by atoms with E-state index in [2.05, 4.69) is 20.8 Å². The molecule has 2 bridgehead atoms.